The van der Waals surface area contributed by atoms with Crippen molar-refractivity contribution in [1.82, 2.24) is 9.88 Å². The van der Waals surface area contributed by atoms with Crippen LogP contribution in [0.4, 0.5) is 10.2 Å². The van der Waals surface area contributed by atoms with Crippen molar-refractivity contribution >= 4 is 28.9 Å². The summed E-state index contributed by atoms with van der Waals surface area (Å²) in [6.07, 6.45) is 11.4. The highest BCUT2D eigenvalue weighted by Crippen LogP contribution is 2.42. The molecule has 3 atom stereocenters. The van der Waals surface area contributed by atoms with Crippen LogP contribution in [0, 0.1) is 17.8 Å². The maximum Gasteiger partial charge on any atom is 0.256 e. The minimum Gasteiger partial charge on any atom is -0.493 e. The number of amides is 1. The van der Waals surface area contributed by atoms with Crippen molar-refractivity contribution in [3.63, 3.8) is 0 Å². The Morgan fingerprint density at radius 2 is 1.81 bits per heavy atom. The number of amidine groups is 1. The molecule has 2 heterocycles. The van der Waals surface area contributed by atoms with Crippen LogP contribution in [0.3, 0.4) is 0 Å². The summed E-state index contributed by atoms with van der Waals surface area (Å²) in [6, 6.07) is 8.83. The summed E-state index contributed by atoms with van der Waals surface area (Å²) in [5, 5.41) is 2.88. The fourth-order valence-corrected chi connectivity index (χ4v) is 5.82. The normalized spacial score (nSPS) is 16.7. The van der Waals surface area contributed by atoms with E-state index in [0.717, 1.165) is 62.5 Å². The molecule has 1 aromatic heterocycles. The lowest BCUT2D eigenvalue weighted by molar-refractivity contribution is -0.116. The van der Waals surface area contributed by atoms with Gasteiger partial charge in [0.15, 0.2) is 0 Å². The summed E-state index contributed by atoms with van der Waals surface area (Å²) in [5.41, 5.74) is 9.70. The van der Waals surface area contributed by atoms with Crippen LogP contribution in [-0.2, 0) is 4.79 Å². The van der Waals surface area contributed by atoms with Gasteiger partial charge in [0.2, 0.25) is 5.95 Å². The fourth-order valence-electron chi connectivity index (χ4n) is 5.82. The number of ketones is 1. The molecule has 52 heavy (non-hydrogen) atoms. The molecule has 0 radical (unpaired) electrons. The molecule has 9 nitrogen and oxygen atoms in total. The molecule has 3 N–H and O–H groups in total. The van der Waals surface area contributed by atoms with Crippen LogP contribution in [0.2, 0.25) is 0 Å². The number of anilines is 1. The van der Waals surface area contributed by atoms with Gasteiger partial charge in [0.25, 0.3) is 5.91 Å². The molecule has 1 aliphatic heterocycles. The number of hydrogen-bond acceptors (Lipinski definition) is 8. The van der Waals surface area contributed by atoms with E-state index in [0.29, 0.717) is 53.2 Å². The van der Waals surface area contributed by atoms with Crippen LogP contribution < -0.4 is 20.5 Å². The molecule has 2 aliphatic rings. The monoisotopic (exact) mass is 717 g/mol. The Bertz CT molecular complexity index is 1630. The van der Waals surface area contributed by atoms with Crippen molar-refractivity contribution in [1.29, 1.82) is 0 Å². The highest BCUT2D eigenvalue weighted by Gasteiger charge is 2.34. The number of benzene rings is 1. The first-order valence-corrected chi connectivity index (χ1v) is 19.0. The van der Waals surface area contributed by atoms with E-state index in [4.69, 9.17) is 15.2 Å². The average Bonchev–Trinajstić information content (AvgIpc) is 3.96. The average molecular weight is 718 g/mol. The standard InChI is InChI=1S/C38H52FN5O3.C4H8O/c1-8-12-13-27(20-24(5)9-2)26(7)44-33(39)23-42-37(40)36(44)35(25(6)10-3)31-17-14-28(21-32(31)46-11-4)38(45)43-34-22-30(18-19-41-34)47-29-15-16-29;1-3-4(2)5/h14,17-19,21-25,27,29H,7-13,15-16,20H2,1-6H3,(H2,40,42)(H,41,43,45);3H2,1-2H3/b36-35+;. The number of hydrogen-bond donors (Lipinski definition) is 2. The smallest absolute Gasteiger partial charge is 0.256 e. The summed E-state index contributed by atoms with van der Waals surface area (Å²) in [5.74, 6) is 1.67. The van der Waals surface area contributed by atoms with E-state index in [-0.39, 0.29) is 35.5 Å². The number of aliphatic imine (C=N–C) groups is 1. The van der Waals surface area contributed by atoms with Crippen LogP contribution in [0.15, 0.2) is 71.6 Å². The summed E-state index contributed by atoms with van der Waals surface area (Å²) < 4.78 is 28.0. The summed E-state index contributed by atoms with van der Waals surface area (Å²) in [6.45, 7) is 20.9. The zero-order chi connectivity index (χ0) is 38.4. The number of halogens is 1. The molecule has 0 spiro atoms. The molecule has 1 aliphatic carbocycles. The predicted molar refractivity (Wildman–Crippen MR) is 210 cm³/mol. The minimum atomic E-state index is -0.514. The maximum atomic E-state index is 16.0. The Kier molecular flexibility index (Phi) is 16.6. The molecule has 284 valence electrons. The van der Waals surface area contributed by atoms with E-state index in [9.17, 15) is 9.59 Å². The molecule has 10 heteroatoms. The Morgan fingerprint density at radius 1 is 1.10 bits per heavy atom. The Morgan fingerprint density at radius 3 is 2.40 bits per heavy atom. The van der Waals surface area contributed by atoms with Crippen LogP contribution in [0.25, 0.3) is 5.57 Å². The van der Waals surface area contributed by atoms with Gasteiger partial charge >= 0.3 is 0 Å². The van der Waals surface area contributed by atoms with Crippen molar-refractivity contribution < 1.29 is 23.5 Å². The Balaban J connectivity index is 0.00000136. The Hall–Kier alpha value is -4.47. The highest BCUT2D eigenvalue weighted by atomic mass is 19.1. The number of Topliss-reactive ketones (excluding diaryl/α,β-unsaturated/α-hetero) is 1. The molecular formula is C42H60FN5O4. The lowest BCUT2D eigenvalue weighted by atomic mass is 9.85. The zero-order valence-corrected chi connectivity index (χ0v) is 32.6. The number of nitrogens with zero attached hydrogens (tertiary/aromatic N) is 3. The molecule has 1 amide bonds. The van der Waals surface area contributed by atoms with Gasteiger partial charge in [0.05, 0.1) is 24.6 Å². The molecule has 1 saturated carbocycles. The molecule has 1 fully saturated rings. The van der Waals surface area contributed by atoms with Crippen LogP contribution in [-0.4, -0.2) is 40.1 Å². The molecular weight excluding hydrogens is 657 g/mol. The molecule has 2 aromatic rings. The van der Waals surface area contributed by atoms with Crippen molar-refractivity contribution in [2.24, 2.45) is 28.5 Å². The number of nitrogens with one attached hydrogen (secondary N) is 1. The minimum absolute atomic E-state index is 0.0547. The van der Waals surface area contributed by atoms with Crippen molar-refractivity contribution in [2.45, 2.75) is 119 Å². The van der Waals surface area contributed by atoms with E-state index in [1.165, 1.54) is 6.20 Å². The van der Waals surface area contributed by atoms with Gasteiger partial charge < -0.3 is 25.3 Å². The number of unbranched alkanes of at least 4 members (excludes halogenated alkanes) is 1. The van der Waals surface area contributed by atoms with Crippen LogP contribution >= 0.6 is 0 Å². The van der Waals surface area contributed by atoms with Crippen molar-refractivity contribution in [2.75, 3.05) is 11.9 Å². The first-order valence-electron chi connectivity index (χ1n) is 19.0. The highest BCUT2D eigenvalue weighted by molar-refractivity contribution is 6.07. The number of aromatic nitrogens is 1. The predicted octanol–water partition coefficient (Wildman–Crippen LogP) is 10.2. The molecule has 0 saturated heterocycles. The van der Waals surface area contributed by atoms with Gasteiger partial charge in [-0.3, -0.25) is 9.69 Å². The van der Waals surface area contributed by atoms with Gasteiger partial charge in [-0.25, -0.2) is 9.98 Å². The second kappa shape index (κ2) is 20.5. The number of nitrogens with two attached hydrogens (primary N) is 1. The number of carbonyl (C=O) groups excluding carboxylic acids is 2. The molecule has 1 aromatic carbocycles. The third-order valence-electron chi connectivity index (χ3n) is 9.53. The largest absolute Gasteiger partial charge is 0.493 e. The van der Waals surface area contributed by atoms with Gasteiger partial charge in [-0.15, -0.1) is 0 Å². The van der Waals surface area contributed by atoms with Crippen LogP contribution in [0.5, 0.6) is 11.5 Å². The van der Waals surface area contributed by atoms with Gasteiger partial charge in [-0.1, -0.05) is 73.5 Å². The van der Waals surface area contributed by atoms with Crippen molar-refractivity contribution in [3.05, 3.63) is 77.8 Å². The summed E-state index contributed by atoms with van der Waals surface area (Å²) >= 11 is 0. The summed E-state index contributed by atoms with van der Waals surface area (Å²) in [7, 11) is 0. The first-order chi connectivity index (χ1) is 24.9. The fraction of sp³-hybridized carbons (Fsp3) is 0.524. The van der Waals surface area contributed by atoms with Gasteiger partial charge in [-0.05, 0) is 87.5 Å². The lowest BCUT2D eigenvalue weighted by Crippen LogP contribution is -2.36. The topological polar surface area (TPSA) is 119 Å². The van der Waals surface area contributed by atoms with Gasteiger partial charge in [0.1, 0.15) is 28.9 Å². The molecule has 3 unspecified atom stereocenters. The maximum absolute atomic E-state index is 16.0. The van der Waals surface area contributed by atoms with E-state index in [1.54, 1.807) is 42.3 Å². The number of rotatable bonds is 18. The van der Waals surface area contributed by atoms with Gasteiger partial charge in [0, 0.05) is 35.5 Å². The Labute approximate surface area is 310 Å². The molecule has 0 bridgehead atoms. The number of carbonyl (C=O) groups is 2. The molecule has 4 rings (SSSR count). The third kappa shape index (κ3) is 11.8. The SMILES string of the molecule is C=C(C(CCCC)CC(C)CC)N1C(F)=CN=C(N)/C1=C(\c1ccc(C(=O)Nc2cc(OC3CC3)ccn2)cc1OCC)C(C)CC.CCC(C)=O. The lowest BCUT2D eigenvalue weighted by Gasteiger charge is -2.37. The first kappa shape index (κ1) is 41.9. The second-order valence-electron chi connectivity index (χ2n) is 13.8. The van der Waals surface area contributed by atoms with E-state index >= 15 is 4.39 Å². The van der Waals surface area contributed by atoms with E-state index < -0.39 is 5.95 Å². The quantitative estimate of drug-likeness (QED) is 0.147. The number of allylic oxidation sites excluding steroid dienone is 2. The third-order valence-corrected chi connectivity index (χ3v) is 9.53. The van der Waals surface area contributed by atoms with Gasteiger partial charge in [-0.2, -0.15) is 4.39 Å². The number of ether oxygens (including phenoxy) is 2. The van der Waals surface area contributed by atoms with Crippen molar-refractivity contribution in [3.8, 4) is 11.5 Å². The number of pyridine rings is 1. The van der Waals surface area contributed by atoms with E-state index in [2.05, 4.69) is 56.5 Å². The van der Waals surface area contributed by atoms with Crippen LogP contribution in [0.1, 0.15) is 129 Å². The summed E-state index contributed by atoms with van der Waals surface area (Å²) in [4.78, 5) is 33.4. The zero-order valence-electron chi connectivity index (χ0n) is 32.6. The second-order valence-corrected chi connectivity index (χ2v) is 13.8. The van der Waals surface area contributed by atoms with E-state index in [1.807, 2.05) is 19.9 Å².